The lowest BCUT2D eigenvalue weighted by Crippen LogP contribution is -1.93. The highest BCUT2D eigenvalue weighted by molar-refractivity contribution is 7.26. The molecule has 0 radical (unpaired) electrons. The van der Waals surface area contributed by atoms with Crippen molar-refractivity contribution in [2.45, 2.75) is 6.42 Å². The van der Waals surface area contributed by atoms with E-state index in [1.165, 1.54) is 53.2 Å². The van der Waals surface area contributed by atoms with Crippen LogP contribution >= 0.6 is 11.3 Å². The number of aromatic nitrogens is 1. The quantitative estimate of drug-likeness (QED) is 0.214. The normalized spacial score (nSPS) is 14.3. The van der Waals surface area contributed by atoms with E-state index in [0.29, 0.717) is 5.56 Å². The van der Waals surface area contributed by atoms with E-state index in [2.05, 4.69) is 77.4 Å². The fraction of sp³-hybridized carbons (Fsp3) is 0.0270. The van der Waals surface area contributed by atoms with Gasteiger partial charge in [-0.2, -0.15) is 0 Å². The summed E-state index contributed by atoms with van der Waals surface area (Å²) < 4.78 is 45.8. The van der Waals surface area contributed by atoms with E-state index in [4.69, 9.17) is 6.85 Å². The van der Waals surface area contributed by atoms with Crippen molar-refractivity contribution in [3.63, 3.8) is 0 Å². The topological polar surface area (TPSA) is 4.93 Å². The van der Waals surface area contributed by atoms with E-state index >= 15 is 0 Å². The lowest BCUT2D eigenvalue weighted by Gasteiger charge is -2.09. The molecule has 2 heteroatoms. The van der Waals surface area contributed by atoms with E-state index in [1.807, 2.05) is 35.6 Å². The Hall–Kier alpha value is -4.66. The Morgan fingerprint density at radius 1 is 0.615 bits per heavy atom. The molecule has 6 aromatic carbocycles. The fourth-order valence-electron chi connectivity index (χ4n) is 6.36. The number of hydrogen-bond acceptors (Lipinski definition) is 1. The van der Waals surface area contributed by atoms with E-state index in [1.54, 1.807) is 0 Å². The molecule has 1 nitrogen and oxygen atoms in total. The Bertz CT molecular complexity index is 2490. The van der Waals surface area contributed by atoms with Crippen LogP contribution < -0.4 is 0 Å². The van der Waals surface area contributed by atoms with E-state index in [-0.39, 0.29) is 35.8 Å². The molecule has 0 N–H and O–H groups in total. The second kappa shape index (κ2) is 7.92. The van der Waals surface area contributed by atoms with Crippen LogP contribution in [0.2, 0.25) is 0 Å². The van der Waals surface area contributed by atoms with Gasteiger partial charge in [0.1, 0.15) is 0 Å². The zero-order chi connectivity index (χ0) is 29.9. The van der Waals surface area contributed by atoms with Crippen LogP contribution in [-0.4, -0.2) is 4.57 Å². The molecule has 0 amide bonds. The van der Waals surface area contributed by atoms with Crippen LogP contribution in [0.3, 0.4) is 0 Å². The molecule has 0 unspecified atom stereocenters. The van der Waals surface area contributed by atoms with Gasteiger partial charge in [-0.25, -0.2) is 0 Å². The van der Waals surface area contributed by atoms with Crippen LogP contribution in [0.25, 0.3) is 69.9 Å². The van der Waals surface area contributed by atoms with Gasteiger partial charge in [0.2, 0.25) is 0 Å². The summed E-state index contributed by atoms with van der Waals surface area (Å²) >= 11 is 1.86. The minimum atomic E-state index is -0.382. The molecule has 1 aliphatic rings. The van der Waals surface area contributed by atoms with E-state index in [9.17, 15) is 0 Å². The number of thiophene rings is 1. The smallest absolute Gasteiger partial charge is 0.0629 e. The van der Waals surface area contributed by atoms with Gasteiger partial charge in [-0.1, -0.05) is 96.9 Å². The van der Waals surface area contributed by atoms with Gasteiger partial charge in [-0.3, -0.25) is 0 Å². The third-order valence-corrected chi connectivity index (χ3v) is 9.29. The second-order valence-electron chi connectivity index (χ2n) is 10.2. The SMILES string of the molecule is [2H]c1c([2H])c([2H])c(-c2ccc(-n3c4ccccc4c4cc5c(cc43)sc3c4c(ccc35)Cc3ccccc3-4)cc2)c([2H])c1[2H]. The molecule has 0 fully saturated rings. The standard InChI is InChI=1S/C37H23NS/c1-2-8-23(9-3-1)24-14-17-27(18-15-24)38-33-13-7-6-12-29(33)31-21-32-30-19-16-26-20-25-10-4-5-11-28(25)36(26)37(30)39-35(32)22-34(31)38/h1-19,21-22H,20H2/i1D,2D,3D,8D,9D. The van der Waals surface area contributed by atoms with Crippen LogP contribution in [0.5, 0.6) is 0 Å². The Labute approximate surface area is 237 Å². The van der Waals surface area contributed by atoms with Gasteiger partial charge in [0.05, 0.1) is 17.9 Å². The van der Waals surface area contributed by atoms with E-state index < -0.39 is 0 Å². The summed E-state index contributed by atoms with van der Waals surface area (Å²) in [7, 11) is 0. The molecule has 182 valence electrons. The minimum Gasteiger partial charge on any atom is -0.309 e. The molecule has 0 bridgehead atoms. The maximum atomic E-state index is 8.41. The van der Waals surface area contributed by atoms with Crippen molar-refractivity contribution in [1.82, 2.24) is 4.57 Å². The summed E-state index contributed by atoms with van der Waals surface area (Å²) in [6.45, 7) is 0. The molecule has 2 aromatic heterocycles. The van der Waals surface area contributed by atoms with Crippen molar-refractivity contribution in [2.24, 2.45) is 0 Å². The van der Waals surface area contributed by atoms with Gasteiger partial charge in [0.25, 0.3) is 0 Å². The Kier molecular flexibility index (Phi) is 3.46. The highest BCUT2D eigenvalue weighted by Gasteiger charge is 2.23. The number of rotatable bonds is 2. The van der Waals surface area contributed by atoms with Crippen LogP contribution in [0.15, 0.2) is 127 Å². The summed E-state index contributed by atoms with van der Waals surface area (Å²) in [5, 5.41) is 4.92. The second-order valence-corrected chi connectivity index (χ2v) is 11.2. The lowest BCUT2D eigenvalue weighted by atomic mass is 10.0. The van der Waals surface area contributed by atoms with Crippen molar-refractivity contribution in [1.29, 1.82) is 0 Å². The molecule has 0 atom stereocenters. The summed E-state index contributed by atoms with van der Waals surface area (Å²) in [5.41, 5.74) is 9.46. The van der Waals surface area contributed by atoms with Crippen molar-refractivity contribution in [3.05, 3.63) is 138 Å². The third-order valence-electron chi connectivity index (χ3n) is 8.10. The third kappa shape index (κ3) is 3.01. The molecule has 1 aliphatic carbocycles. The number of benzene rings is 6. The molecular formula is C37H23NS. The van der Waals surface area contributed by atoms with Gasteiger partial charge in [0.15, 0.2) is 0 Å². The maximum absolute atomic E-state index is 8.41. The minimum absolute atomic E-state index is 0.193. The molecule has 8 aromatic rings. The number of fused-ring (bicyclic) bond motifs is 10. The number of para-hydroxylation sites is 1. The molecule has 39 heavy (non-hydrogen) atoms. The summed E-state index contributed by atoms with van der Waals surface area (Å²) in [6, 6.07) is 32.7. The molecule has 9 rings (SSSR count). The van der Waals surface area contributed by atoms with E-state index in [0.717, 1.165) is 23.1 Å². The zero-order valence-corrected chi connectivity index (χ0v) is 21.6. The van der Waals surface area contributed by atoms with Crippen molar-refractivity contribution >= 4 is 53.3 Å². The van der Waals surface area contributed by atoms with Crippen LogP contribution in [-0.2, 0) is 6.42 Å². The zero-order valence-electron chi connectivity index (χ0n) is 25.8. The van der Waals surface area contributed by atoms with Gasteiger partial charge < -0.3 is 4.57 Å². The van der Waals surface area contributed by atoms with Crippen LogP contribution in [0.4, 0.5) is 0 Å². The molecule has 0 saturated carbocycles. The van der Waals surface area contributed by atoms with Crippen molar-refractivity contribution in [3.8, 4) is 27.9 Å². The molecule has 0 saturated heterocycles. The first-order valence-corrected chi connectivity index (χ1v) is 13.9. The molecular weight excluding hydrogens is 490 g/mol. The summed E-state index contributed by atoms with van der Waals surface area (Å²) in [6.07, 6.45) is 0.978. The average Bonchev–Trinajstić information content (AvgIpc) is 3.71. The first-order valence-electron chi connectivity index (χ1n) is 15.6. The first-order chi connectivity index (χ1) is 21.4. The number of hydrogen-bond donors (Lipinski definition) is 0. The molecule has 2 heterocycles. The lowest BCUT2D eigenvalue weighted by molar-refractivity contribution is 1.18. The predicted octanol–water partition coefficient (Wildman–Crippen LogP) is 10.4. The monoisotopic (exact) mass is 518 g/mol. The van der Waals surface area contributed by atoms with Gasteiger partial charge in [0, 0.05) is 42.2 Å². The summed E-state index contributed by atoms with van der Waals surface area (Å²) in [5.74, 6) is 0. The van der Waals surface area contributed by atoms with Gasteiger partial charge in [-0.15, -0.1) is 11.3 Å². The summed E-state index contributed by atoms with van der Waals surface area (Å²) in [4.78, 5) is 0. The largest absolute Gasteiger partial charge is 0.309 e. The fourth-order valence-corrected chi connectivity index (χ4v) is 7.66. The van der Waals surface area contributed by atoms with Crippen LogP contribution in [0.1, 0.15) is 18.0 Å². The Morgan fingerprint density at radius 2 is 1.44 bits per heavy atom. The molecule has 0 spiro atoms. The first kappa shape index (κ1) is 17.0. The molecule has 0 aliphatic heterocycles. The maximum Gasteiger partial charge on any atom is 0.0629 e. The van der Waals surface area contributed by atoms with Crippen molar-refractivity contribution < 1.29 is 6.85 Å². The van der Waals surface area contributed by atoms with Gasteiger partial charge >= 0.3 is 0 Å². The Balaban J connectivity index is 1.27. The van der Waals surface area contributed by atoms with Gasteiger partial charge in [-0.05, 0) is 64.6 Å². The highest BCUT2D eigenvalue weighted by atomic mass is 32.1. The highest BCUT2D eigenvalue weighted by Crippen LogP contribution is 2.48. The number of nitrogens with zero attached hydrogens (tertiary/aromatic N) is 1. The predicted molar refractivity (Wildman–Crippen MR) is 167 cm³/mol. The average molecular weight is 519 g/mol. The Morgan fingerprint density at radius 3 is 2.33 bits per heavy atom. The van der Waals surface area contributed by atoms with Crippen LogP contribution in [0, 0.1) is 0 Å². The van der Waals surface area contributed by atoms with Crippen molar-refractivity contribution in [2.75, 3.05) is 0 Å².